The number of ketones is 1. The summed E-state index contributed by atoms with van der Waals surface area (Å²) in [5.41, 5.74) is 1.10. The molecule has 1 fully saturated rings. The summed E-state index contributed by atoms with van der Waals surface area (Å²) < 4.78 is 5.74. The van der Waals surface area contributed by atoms with Gasteiger partial charge in [0.25, 0.3) is 0 Å². The van der Waals surface area contributed by atoms with Crippen molar-refractivity contribution in [3.05, 3.63) is 54.4 Å². The summed E-state index contributed by atoms with van der Waals surface area (Å²) in [4.78, 5) is 29.1. The Morgan fingerprint density at radius 3 is 2.72 bits per heavy atom. The normalized spacial score (nSPS) is 13.8. The highest BCUT2D eigenvalue weighted by Gasteiger charge is 2.35. The number of thioether (sulfide) groups is 1. The number of fused-ring (bicyclic) bond motifs is 1. The largest absolute Gasteiger partial charge is 0.451 e. The first-order chi connectivity index (χ1) is 12.2. The quantitative estimate of drug-likeness (QED) is 0.533. The molecule has 1 saturated carbocycles. The lowest BCUT2D eigenvalue weighted by Gasteiger charge is -2.05. The van der Waals surface area contributed by atoms with Crippen LogP contribution in [0.15, 0.2) is 58.1 Å². The molecule has 1 N–H and O–H groups in total. The van der Waals surface area contributed by atoms with Gasteiger partial charge in [0.1, 0.15) is 5.58 Å². The van der Waals surface area contributed by atoms with Crippen molar-refractivity contribution in [1.82, 2.24) is 4.98 Å². The molecule has 6 heteroatoms. The minimum atomic E-state index is -0.188. The fraction of sp³-hybridized carbons (Fsp3) is 0.211. The third-order valence-corrected chi connectivity index (χ3v) is 4.96. The number of hydrogen-bond acceptors (Lipinski definition) is 5. The van der Waals surface area contributed by atoms with Gasteiger partial charge in [-0.25, -0.2) is 4.98 Å². The lowest BCUT2D eigenvalue weighted by atomic mass is 10.1. The summed E-state index contributed by atoms with van der Waals surface area (Å²) >= 11 is 1.35. The third-order valence-electron chi connectivity index (χ3n) is 4.02. The average molecular weight is 352 g/mol. The number of furan rings is 1. The highest BCUT2D eigenvalue weighted by Crippen LogP contribution is 2.38. The van der Waals surface area contributed by atoms with Gasteiger partial charge in [0.05, 0.1) is 16.5 Å². The van der Waals surface area contributed by atoms with Gasteiger partial charge in [0, 0.05) is 17.5 Å². The number of carbonyl (C=O) groups excluding carboxylic acids is 2. The zero-order chi connectivity index (χ0) is 17.2. The van der Waals surface area contributed by atoms with Crippen molar-refractivity contribution < 1.29 is 14.0 Å². The second kappa shape index (κ2) is 6.72. The maximum Gasteiger partial charge on any atom is 0.234 e. The molecule has 0 radical (unpaired) electrons. The minimum Gasteiger partial charge on any atom is -0.451 e. The fourth-order valence-corrected chi connectivity index (χ4v) is 3.28. The summed E-state index contributed by atoms with van der Waals surface area (Å²) in [6, 6.07) is 12.9. The Balaban J connectivity index is 1.56. The zero-order valence-electron chi connectivity index (χ0n) is 13.4. The van der Waals surface area contributed by atoms with Crippen molar-refractivity contribution in [3.63, 3.8) is 0 Å². The molecule has 3 aromatic rings. The first-order valence-corrected chi connectivity index (χ1v) is 9.10. The number of carbonyl (C=O) groups is 2. The van der Waals surface area contributed by atoms with Crippen LogP contribution in [0.25, 0.3) is 11.0 Å². The molecule has 25 heavy (non-hydrogen) atoms. The SMILES string of the molecule is O=C(CSc1ccccn1)Nc1c(C(=O)C2CC2)oc2ccccc12. The topological polar surface area (TPSA) is 72.2 Å². The fourth-order valence-electron chi connectivity index (χ4n) is 2.62. The van der Waals surface area contributed by atoms with Crippen molar-refractivity contribution >= 4 is 40.1 Å². The number of para-hydroxylation sites is 1. The number of amides is 1. The van der Waals surface area contributed by atoms with Crippen LogP contribution in [0, 0.1) is 5.92 Å². The molecule has 1 aromatic carbocycles. The molecule has 1 aliphatic rings. The number of nitrogens with one attached hydrogen (secondary N) is 1. The molecule has 0 spiro atoms. The lowest BCUT2D eigenvalue weighted by molar-refractivity contribution is -0.113. The molecule has 5 nitrogen and oxygen atoms in total. The predicted molar refractivity (Wildman–Crippen MR) is 96.9 cm³/mol. The van der Waals surface area contributed by atoms with E-state index in [2.05, 4.69) is 10.3 Å². The van der Waals surface area contributed by atoms with E-state index in [0.29, 0.717) is 11.3 Å². The van der Waals surface area contributed by atoms with Crippen LogP contribution in [-0.2, 0) is 4.79 Å². The van der Waals surface area contributed by atoms with Gasteiger partial charge >= 0.3 is 0 Å². The Hall–Kier alpha value is -2.60. The van der Waals surface area contributed by atoms with E-state index in [-0.39, 0.29) is 29.1 Å². The Morgan fingerprint density at radius 2 is 1.96 bits per heavy atom. The van der Waals surface area contributed by atoms with Crippen LogP contribution in [0.2, 0.25) is 0 Å². The van der Waals surface area contributed by atoms with Crippen molar-refractivity contribution in [2.45, 2.75) is 17.9 Å². The van der Waals surface area contributed by atoms with Gasteiger partial charge in [0.15, 0.2) is 5.76 Å². The van der Waals surface area contributed by atoms with E-state index in [1.807, 2.05) is 36.4 Å². The highest BCUT2D eigenvalue weighted by atomic mass is 32.2. The van der Waals surface area contributed by atoms with E-state index in [4.69, 9.17) is 4.42 Å². The van der Waals surface area contributed by atoms with Gasteiger partial charge in [-0.1, -0.05) is 30.0 Å². The number of Topliss-reactive ketones (excluding diaryl/α,β-unsaturated/α-hetero) is 1. The zero-order valence-corrected chi connectivity index (χ0v) is 14.2. The summed E-state index contributed by atoms with van der Waals surface area (Å²) in [6.45, 7) is 0. The number of benzene rings is 1. The lowest BCUT2D eigenvalue weighted by Crippen LogP contribution is -2.16. The first kappa shape index (κ1) is 15.9. The Kier molecular flexibility index (Phi) is 4.28. The van der Waals surface area contributed by atoms with Gasteiger partial charge in [0.2, 0.25) is 11.7 Å². The van der Waals surface area contributed by atoms with E-state index in [1.54, 1.807) is 12.3 Å². The molecule has 0 saturated heterocycles. The summed E-state index contributed by atoms with van der Waals surface area (Å²) in [5.74, 6) is 0.294. The van der Waals surface area contributed by atoms with Crippen LogP contribution in [-0.4, -0.2) is 22.4 Å². The molecule has 126 valence electrons. The van der Waals surface area contributed by atoms with Crippen LogP contribution in [0.1, 0.15) is 23.4 Å². The molecule has 1 aliphatic carbocycles. The molecule has 1 amide bonds. The maximum absolute atomic E-state index is 12.5. The second-order valence-corrected chi connectivity index (χ2v) is 6.94. The standard InChI is InChI=1S/C19H16N2O3S/c22-15(11-25-16-7-3-4-10-20-16)21-17-13-5-1-2-6-14(13)24-19(17)18(23)12-8-9-12/h1-7,10,12H,8-9,11H2,(H,21,22). The molecule has 0 atom stereocenters. The van der Waals surface area contributed by atoms with Crippen molar-refractivity contribution in [2.75, 3.05) is 11.1 Å². The van der Waals surface area contributed by atoms with Gasteiger partial charge < -0.3 is 9.73 Å². The Bertz CT molecular complexity index is 932. The van der Waals surface area contributed by atoms with Crippen LogP contribution < -0.4 is 5.32 Å². The number of aromatic nitrogens is 1. The monoisotopic (exact) mass is 352 g/mol. The number of rotatable bonds is 6. The van der Waals surface area contributed by atoms with E-state index >= 15 is 0 Å². The van der Waals surface area contributed by atoms with Gasteiger partial charge in [-0.3, -0.25) is 9.59 Å². The average Bonchev–Trinajstić information content (AvgIpc) is 3.43. The Morgan fingerprint density at radius 1 is 1.16 bits per heavy atom. The predicted octanol–water partition coefficient (Wildman–Crippen LogP) is 4.15. The number of anilines is 1. The number of hydrogen-bond donors (Lipinski definition) is 1. The van der Waals surface area contributed by atoms with E-state index in [9.17, 15) is 9.59 Å². The number of nitrogens with zero attached hydrogens (tertiary/aromatic N) is 1. The van der Waals surface area contributed by atoms with Gasteiger partial charge in [-0.15, -0.1) is 0 Å². The maximum atomic E-state index is 12.5. The van der Waals surface area contributed by atoms with E-state index in [0.717, 1.165) is 23.3 Å². The Labute approximate surface area is 148 Å². The van der Waals surface area contributed by atoms with Crippen LogP contribution in [0.5, 0.6) is 0 Å². The summed E-state index contributed by atoms with van der Waals surface area (Å²) in [6.07, 6.45) is 3.47. The molecule has 0 unspecified atom stereocenters. The molecule has 4 rings (SSSR count). The molecule has 0 bridgehead atoms. The van der Waals surface area contributed by atoms with Crippen LogP contribution in [0.4, 0.5) is 5.69 Å². The minimum absolute atomic E-state index is 0.0242. The van der Waals surface area contributed by atoms with Gasteiger partial charge in [-0.2, -0.15) is 0 Å². The third kappa shape index (κ3) is 3.44. The van der Waals surface area contributed by atoms with Crippen molar-refractivity contribution in [1.29, 1.82) is 0 Å². The highest BCUT2D eigenvalue weighted by molar-refractivity contribution is 7.99. The molecule has 2 aromatic heterocycles. The first-order valence-electron chi connectivity index (χ1n) is 8.12. The summed E-state index contributed by atoms with van der Waals surface area (Å²) in [7, 11) is 0. The van der Waals surface area contributed by atoms with Crippen LogP contribution in [0.3, 0.4) is 0 Å². The molecule has 0 aliphatic heterocycles. The molecule has 2 heterocycles. The van der Waals surface area contributed by atoms with E-state index in [1.165, 1.54) is 11.8 Å². The van der Waals surface area contributed by atoms with Crippen molar-refractivity contribution in [2.24, 2.45) is 5.92 Å². The van der Waals surface area contributed by atoms with Crippen molar-refractivity contribution in [3.8, 4) is 0 Å². The second-order valence-electron chi connectivity index (χ2n) is 5.95. The molecular weight excluding hydrogens is 336 g/mol. The molecular formula is C19H16N2O3S. The number of pyridine rings is 1. The van der Waals surface area contributed by atoms with Crippen LogP contribution >= 0.6 is 11.8 Å². The smallest absolute Gasteiger partial charge is 0.234 e. The summed E-state index contributed by atoms with van der Waals surface area (Å²) in [5, 5.41) is 4.40. The van der Waals surface area contributed by atoms with E-state index < -0.39 is 0 Å². The van der Waals surface area contributed by atoms with Gasteiger partial charge in [-0.05, 0) is 37.1 Å².